The Labute approximate surface area is 251 Å². The maximum absolute atomic E-state index is 14.0. The smallest absolute Gasteiger partial charge is 0.303 e. The molecule has 0 unspecified atom stereocenters. The molecule has 0 radical (unpaired) electrons. The molecule has 0 atom stereocenters. The van der Waals surface area contributed by atoms with Crippen molar-refractivity contribution in [3.63, 3.8) is 0 Å². The van der Waals surface area contributed by atoms with Gasteiger partial charge in [0.2, 0.25) is 0 Å². The summed E-state index contributed by atoms with van der Waals surface area (Å²) >= 11 is 0. The van der Waals surface area contributed by atoms with Gasteiger partial charge < -0.3 is 19.1 Å². The Kier molecular flexibility index (Phi) is 9.34. The normalized spacial score (nSPS) is 11.2. The van der Waals surface area contributed by atoms with Crippen LogP contribution in [0.1, 0.15) is 58.4 Å². The minimum absolute atomic E-state index is 0. The number of benzene rings is 3. The first kappa shape index (κ1) is 31.0. The molecule has 2 heterocycles. The van der Waals surface area contributed by atoms with Crippen LogP contribution in [0.5, 0.6) is 17.8 Å². The zero-order valence-electron chi connectivity index (χ0n) is 24.4. The van der Waals surface area contributed by atoms with E-state index in [1.807, 2.05) is 93.6 Å². The lowest BCUT2D eigenvalue weighted by atomic mass is 9.96. The van der Waals surface area contributed by atoms with Crippen molar-refractivity contribution in [3.05, 3.63) is 100.0 Å². The summed E-state index contributed by atoms with van der Waals surface area (Å²) in [6.45, 7) is 8.02. The highest BCUT2D eigenvalue weighted by atomic mass is 16.6. The molecule has 0 aliphatic heterocycles. The van der Waals surface area contributed by atoms with Crippen molar-refractivity contribution in [1.82, 2.24) is 19.7 Å². The van der Waals surface area contributed by atoms with Crippen molar-refractivity contribution in [1.29, 1.82) is 0 Å². The molecule has 3 aromatic carbocycles. The second kappa shape index (κ2) is 12.9. The van der Waals surface area contributed by atoms with E-state index in [1.54, 1.807) is 0 Å². The Balaban J connectivity index is 0.00000423. The number of aryl methyl sites for hydroxylation is 1. The molecule has 224 valence electrons. The summed E-state index contributed by atoms with van der Waals surface area (Å²) in [6, 6.07) is 23.1. The molecule has 0 spiro atoms. The molecular weight excluding hydrogens is 544 g/mol. The molecule has 0 aliphatic rings. The van der Waals surface area contributed by atoms with Gasteiger partial charge in [-0.2, -0.15) is 5.16 Å². The SMILES string of the molecule is C.CCCc1nc(OC)n(-c2ccc(OC(C)(C)C)cc2)c(=O)c1Cc1ccc(-c2ccccc2-c2noc([O-])n2)cc1. The second-order valence-corrected chi connectivity index (χ2v) is 10.9. The topological polar surface area (TPSA) is 115 Å². The molecule has 9 heteroatoms. The Morgan fingerprint density at radius 3 is 2.19 bits per heavy atom. The summed E-state index contributed by atoms with van der Waals surface area (Å²) in [5, 5.41) is 15.3. The number of hydrogen-bond acceptors (Lipinski definition) is 8. The zero-order valence-corrected chi connectivity index (χ0v) is 24.4. The summed E-state index contributed by atoms with van der Waals surface area (Å²) in [7, 11) is 1.52. The second-order valence-electron chi connectivity index (χ2n) is 10.9. The summed E-state index contributed by atoms with van der Waals surface area (Å²) < 4.78 is 17.7. The molecule has 0 N–H and O–H groups in total. The van der Waals surface area contributed by atoms with Crippen LogP contribution in [0, 0.1) is 0 Å². The van der Waals surface area contributed by atoms with Crippen molar-refractivity contribution in [2.24, 2.45) is 0 Å². The minimum Gasteiger partial charge on any atom is -0.528 e. The Hall–Kier alpha value is -4.92. The van der Waals surface area contributed by atoms with Crippen LogP contribution in [0.2, 0.25) is 0 Å². The highest BCUT2D eigenvalue weighted by Gasteiger charge is 2.20. The van der Waals surface area contributed by atoms with Crippen molar-refractivity contribution in [2.75, 3.05) is 7.11 Å². The maximum Gasteiger partial charge on any atom is 0.303 e. The first-order valence-electron chi connectivity index (χ1n) is 13.8. The molecule has 43 heavy (non-hydrogen) atoms. The standard InChI is InChI=1S/C33H34N4O5.CH4/c1-6-9-28-27(30(38)37(31(34-28)40-5)23-16-18-24(19-17-23)41-33(2,3)4)20-21-12-14-22(15-13-21)25-10-7-8-11-26(25)29-35-32(39)42-36-29;/h7-8,10-19H,6,9,20H2,1-5H3,(H,35,36,39);1H4/p-1. The van der Waals surface area contributed by atoms with E-state index in [-0.39, 0.29) is 30.4 Å². The molecule has 0 saturated carbocycles. The molecule has 0 aliphatic carbocycles. The number of aromatic nitrogens is 4. The lowest BCUT2D eigenvalue weighted by Gasteiger charge is -2.21. The van der Waals surface area contributed by atoms with Gasteiger partial charge in [0, 0.05) is 17.5 Å². The highest BCUT2D eigenvalue weighted by molar-refractivity contribution is 5.80. The Morgan fingerprint density at radius 2 is 1.60 bits per heavy atom. The summed E-state index contributed by atoms with van der Waals surface area (Å²) in [6.07, 6.45) is 1.16. The van der Waals surface area contributed by atoms with Gasteiger partial charge in [-0.25, -0.2) is 14.5 Å². The maximum atomic E-state index is 14.0. The molecule has 0 amide bonds. The average Bonchev–Trinajstić information content (AvgIpc) is 3.41. The largest absolute Gasteiger partial charge is 0.528 e. The van der Waals surface area contributed by atoms with E-state index >= 15 is 0 Å². The van der Waals surface area contributed by atoms with Crippen molar-refractivity contribution in [2.45, 2.75) is 60.0 Å². The van der Waals surface area contributed by atoms with Crippen molar-refractivity contribution < 1.29 is 19.1 Å². The fourth-order valence-electron chi connectivity index (χ4n) is 4.84. The van der Waals surface area contributed by atoms with Crippen LogP contribution in [-0.2, 0) is 12.8 Å². The van der Waals surface area contributed by atoms with E-state index in [2.05, 4.69) is 21.6 Å². The van der Waals surface area contributed by atoms with E-state index in [0.717, 1.165) is 28.8 Å². The molecule has 2 aromatic heterocycles. The van der Waals surface area contributed by atoms with E-state index in [0.29, 0.717) is 35.4 Å². The Morgan fingerprint density at radius 1 is 0.930 bits per heavy atom. The van der Waals surface area contributed by atoms with Gasteiger partial charge in [-0.1, -0.05) is 69.3 Å². The van der Waals surface area contributed by atoms with Crippen LogP contribution in [0.15, 0.2) is 82.1 Å². The quantitative estimate of drug-likeness (QED) is 0.197. The lowest BCUT2D eigenvalue weighted by Crippen LogP contribution is -2.27. The third-order valence-corrected chi connectivity index (χ3v) is 6.64. The Bertz CT molecular complexity index is 1730. The number of ether oxygens (including phenoxy) is 2. The van der Waals surface area contributed by atoms with Crippen molar-refractivity contribution >= 4 is 0 Å². The van der Waals surface area contributed by atoms with Crippen LogP contribution < -0.4 is 20.1 Å². The van der Waals surface area contributed by atoms with Crippen LogP contribution in [0.4, 0.5) is 0 Å². The lowest BCUT2D eigenvalue weighted by molar-refractivity contribution is -0.303. The van der Waals surface area contributed by atoms with Crippen LogP contribution in [0.3, 0.4) is 0 Å². The highest BCUT2D eigenvalue weighted by Crippen LogP contribution is 2.31. The molecule has 5 rings (SSSR count). The number of methoxy groups -OCH3 is 1. The fourth-order valence-corrected chi connectivity index (χ4v) is 4.84. The first-order valence-corrected chi connectivity index (χ1v) is 13.8. The number of nitrogens with zero attached hydrogens (tertiary/aromatic N) is 4. The van der Waals surface area contributed by atoms with Gasteiger partial charge in [-0.3, -0.25) is 4.79 Å². The minimum atomic E-state index is -0.731. The fraction of sp³-hybridized carbons (Fsp3) is 0.294. The molecular formula is C34H37N4O5-. The van der Waals surface area contributed by atoms with Crippen LogP contribution in [0.25, 0.3) is 28.2 Å². The van der Waals surface area contributed by atoms with Crippen LogP contribution in [-0.4, -0.2) is 32.4 Å². The summed E-state index contributed by atoms with van der Waals surface area (Å²) in [5.74, 6) is 0.954. The monoisotopic (exact) mass is 581 g/mol. The molecule has 9 nitrogen and oxygen atoms in total. The number of rotatable bonds is 9. The average molecular weight is 582 g/mol. The number of hydrogen-bond donors (Lipinski definition) is 0. The van der Waals surface area contributed by atoms with E-state index in [1.165, 1.54) is 11.7 Å². The van der Waals surface area contributed by atoms with Gasteiger partial charge in [-0.15, -0.1) is 0 Å². The third-order valence-electron chi connectivity index (χ3n) is 6.64. The van der Waals surface area contributed by atoms with E-state index in [9.17, 15) is 9.90 Å². The third kappa shape index (κ3) is 6.94. The summed E-state index contributed by atoms with van der Waals surface area (Å²) in [4.78, 5) is 22.6. The van der Waals surface area contributed by atoms with Gasteiger partial charge in [-0.05, 0) is 68.1 Å². The summed E-state index contributed by atoms with van der Waals surface area (Å²) in [5.41, 5.74) is 4.92. The van der Waals surface area contributed by atoms with Crippen molar-refractivity contribution in [3.8, 4) is 46.0 Å². The molecule has 0 bridgehead atoms. The van der Waals surface area contributed by atoms with E-state index in [4.69, 9.17) is 14.5 Å². The van der Waals surface area contributed by atoms with Gasteiger partial charge in [0.1, 0.15) is 11.4 Å². The molecule has 0 saturated heterocycles. The first-order chi connectivity index (χ1) is 20.2. The zero-order chi connectivity index (χ0) is 29.9. The van der Waals surface area contributed by atoms with Gasteiger partial charge >= 0.3 is 6.01 Å². The van der Waals surface area contributed by atoms with Gasteiger partial charge in [0.15, 0.2) is 11.9 Å². The molecule has 5 aromatic rings. The van der Waals surface area contributed by atoms with Gasteiger partial charge in [0.25, 0.3) is 5.56 Å². The van der Waals surface area contributed by atoms with Gasteiger partial charge in [0.05, 0.1) is 18.5 Å². The molecule has 0 fully saturated rings. The predicted molar refractivity (Wildman–Crippen MR) is 165 cm³/mol. The van der Waals surface area contributed by atoms with E-state index < -0.39 is 6.08 Å². The van der Waals surface area contributed by atoms with Crippen LogP contribution >= 0.6 is 0 Å². The predicted octanol–water partition coefficient (Wildman–Crippen LogP) is 6.39.